The van der Waals surface area contributed by atoms with Crippen LogP contribution in [-0.4, -0.2) is 64.5 Å². The maximum Gasteiger partial charge on any atom is 0.0868 e. The van der Waals surface area contributed by atoms with E-state index in [4.69, 9.17) is 11.6 Å². The molecule has 4 nitrogen and oxygen atoms in total. The molecule has 4 saturated heterocycles. The number of hydrogen-bond donors (Lipinski definition) is 0. The SMILES string of the molecule is C=CC(Cl)C1N2CN3CN(C2)CN1C3.Cl. The van der Waals surface area contributed by atoms with Crippen molar-refractivity contribution in [3.8, 4) is 0 Å². The topological polar surface area (TPSA) is 13.0 Å². The van der Waals surface area contributed by atoms with E-state index in [-0.39, 0.29) is 17.8 Å². The first-order valence-corrected chi connectivity index (χ1v) is 5.41. The summed E-state index contributed by atoms with van der Waals surface area (Å²) in [4.78, 5) is 9.68. The summed E-state index contributed by atoms with van der Waals surface area (Å²) >= 11 is 6.27. The Morgan fingerprint density at radius 3 is 1.93 bits per heavy atom. The minimum Gasteiger partial charge on any atom is -0.264 e. The van der Waals surface area contributed by atoms with Gasteiger partial charge < -0.3 is 0 Å². The van der Waals surface area contributed by atoms with E-state index in [0.717, 1.165) is 33.3 Å². The molecule has 0 saturated carbocycles. The van der Waals surface area contributed by atoms with E-state index in [1.165, 1.54) is 0 Å². The van der Waals surface area contributed by atoms with E-state index < -0.39 is 0 Å². The Labute approximate surface area is 101 Å². The van der Waals surface area contributed by atoms with Gasteiger partial charge in [0.25, 0.3) is 0 Å². The Bertz CT molecular complexity index is 232. The highest BCUT2D eigenvalue weighted by Crippen LogP contribution is 2.29. The van der Waals surface area contributed by atoms with E-state index >= 15 is 0 Å². The van der Waals surface area contributed by atoms with Crippen LogP contribution in [0.4, 0.5) is 0 Å². The Kier molecular flexibility index (Phi) is 3.26. The van der Waals surface area contributed by atoms with Gasteiger partial charge in [0.2, 0.25) is 0 Å². The van der Waals surface area contributed by atoms with Crippen molar-refractivity contribution in [2.75, 3.05) is 33.3 Å². The molecule has 6 heteroatoms. The average Bonchev–Trinajstić information content (AvgIpc) is 2.15. The average molecular weight is 251 g/mol. The summed E-state index contributed by atoms with van der Waals surface area (Å²) in [6.45, 7) is 9.09. The fourth-order valence-electron chi connectivity index (χ4n) is 2.76. The van der Waals surface area contributed by atoms with Crippen molar-refractivity contribution in [1.82, 2.24) is 19.6 Å². The second-order valence-corrected chi connectivity index (χ2v) is 4.82. The molecule has 4 aliphatic heterocycles. The van der Waals surface area contributed by atoms with Gasteiger partial charge in [-0.05, 0) is 0 Å². The molecule has 0 spiro atoms. The van der Waals surface area contributed by atoms with Crippen LogP contribution in [0.15, 0.2) is 12.7 Å². The van der Waals surface area contributed by atoms with Gasteiger partial charge >= 0.3 is 0 Å². The minimum atomic E-state index is 0. The third-order valence-corrected chi connectivity index (χ3v) is 3.59. The maximum atomic E-state index is 6.27. The molecular weight excluding hydrogens is 235 g/mol. The Hall–Kier alpha value is 0.160. The lowest BCUT2D eigenvalue weighted by molar-refractivity contribution is -0.228. The molecule has 0 aromatic carbocycles. The summed E-state index contributed by atoms with van der Waals surface area (Å²) < 4.78 is 0. The molecule has 4 fully saturated rings. The van der Waals surface area contributed by atoms with E-state index in [0.29, 0.717) is 6.17 Å². The van der Waals surface area contributed by atoms with Crippen molar-refractivity contribution >= 4 is 24.0 Å². The van der Waals surface area contributed by atoms with E-state index in [1.807, 2.05) is 6.08 Å². The lowest BCUT2D eigenvalue weighted by atomic mass is 10.2. The zero-order valence-electron chi connectivity index (χ0n) is 8.55. The van der Waals surface area contributed by atoms with E-state index in [9.17, 15) is 0 Å². The zero-order chi connectivity index (χ0) is 9.71. The van der Waals surface area contributed by atoms with E-state index in [2.05, 4.69) is 26.2 Å². The van der Waals surface area contributed by atoms with Gasteiger partial charge in [0.15, 0.2) is 0 Å². The van der Waals surface area contributed by atoms with Crippen LogP contribution in [0, 0.1) is 0 Å². The molecule has 4 heterocycles. The summed E-state index contributed by atoms with van der Waals surface area (Å²) in [5.74, 6) is 0. The predicted octanol–water partition coefficient (Wildman–Crippen LogP) is 0.564. The number of halogens is 2. The fraction of sp³-hybridized carbons (Fsp3) is 0.778. The molecule has 1 unspecified atom stereocenters. The second kappa shape index (κ2) is 4.20. The lowest BCUT2D eigenvalue weighted by Gasteiger charge is -2.61. The molecule has 4 aliphatic rings. The molecule has 0 amide bonds. The third-order valence-electron chi connectivity index (χ3n) is 3.18. The van der Waals surface area contributed by atoms with Crippen molar-refractivity contribution in [3.05, 3.63) is 12.7 Å². The van der Waals surface area contributed by atoms with Gasteiger partial charge in [-0.15, -0.1) is 30.6 Å². The van der Waals surface area contributed by atoms with Crippen LogP contribution in [0.2, 0.25) is 0 Å². The Morgan fingerprint density at radius 2 is 1.53 bits per heavy atom. The van der Waals surface area contributed by atoms with E-state index in [1.54, 1.807) is 0 Å². The highest BCUT2D eigenvalue weighted by Gasteiger charge is 2.45. The number of hydrogen-bond acceptors (Lipinski definition) is 4. The molecule has 86 valence electrons. The first kappa shape index (κ1) is 11.6. The van der Waals surface area contributed by atoms with Gasteiger partial charge in [-0.1, -0.05) is 6.08 Å². The number of alkyl halides is 1. The molecule has 0 aliphatic carbocycles. The molecule has 4 rings (SSSR count). The van der Waals surface area contributed by atoms with Crippen LogP contribution in [0.5, 0.6) is 0 Å². The number of rotatable bonds is 2. The van der Waals surface area contributed by atoms with Gasteiger partial charge in [-0.3, -0.25) is 19.6 Å². The molecule has 0 N–H and O–H groups in total. The standard InChI is InChI=1S/C9H15ClN4.ClH/c1-2-8(10)9-13-4-11-3-12(6-13)7-14(9)5-11;/h2,8-9H,1,3-7H2;1H. The van der Waals surface area contributed by atoms with Crippen molar-refractivity contribution in [2.45, 2.75) is 11.5 Å². The van der Waals surface area contributed by atoms with Gasteiger partial charge in [-0.25, -0.2) is 0 Å². The summed E-state index contributed by atoms with van der Waals surface area (Å²) in [5, 5.41) is 0.0393. The molecule has 0 aromatic heterocycles. The first-order chi connectivity index (χ1) is 6.78. The van der Waals surface area contributed by atoms with Gasteiger partial charge in [0, 0.05) is 0 Å². The molecular formula is C9H16Cl2N4. The first-order valence-electron chi connectivity index (χ1n) is 4.97. The monoisotopic (exact) mass is 250 g/mol. The van der Waals surface area contributed by atoms with Crippen LogP contribution >= 0.6 is 24.0 Å². The van der Waals surface area contributed by atoms with Gasteiger partial charge in [0.05, 0.1) is 44.9 Å². The summed E-state index contributed by atoms with van der Waals surface area (Å²) in [6.07, 6.45) is 2.20. The quantitative estimate of drug-likeness (QED) is 0.525. The molecule has 1 atom stereocenters. The highest BCUT2D eigenvalue weighted by molar-refractivity contribution is 6.22. The third kappa shape index (κ3) is 1.79. The molecule has 0 aromatic rings. The maximum absolute atomic E-state index is 6.27. The van der Waals surface area contributed by atoms with Crippen molar-refractivity contribution < 1.29 is 0 Å². The lowest BCUT2D eigenvalue weighted by Crippen LogP contribution is -2.77. The second-order valence-electron chi connectivity index (χ2n) is 4.32. The Morgan fingerprint density at radius 1 is 1.07 bits per heavy atom. The Balaban J connectivity index is 0.000000853. The molecule has 15 heavy (non-hydrogen) atoms. The zero-order valence-corrected chi connectivity index (χ0v) is 10.1. The summed E-state index contributed by atoms with van der Waals surface area (Å²) in [5.41, 5.74) is 0. The van der Waals surface area contributed by atoms with Gasteiger partial charge in [-0.2, -0.15) is 0 Å². The largest absolute Gasteiger partial charge is 0.264 e. The van der Waals surface area contributed by atoms with Crippen molar-refractivity contribution in [3.63, 3.8) is 0 Å². The normalized spacial score (nSPS) is 48.5. The van der Waals surface area contributed by atoms with Crippen LogP contribution in [0.1, 0.15) is 0 Å². The molecule has 4 bridgehead atoms. The van der Waals surface area contributed by atoms with Crippen molar-refractivity contribution in [1.29, 1.82) is 0 Å². The minimum absolute atomic E-state index is 0. The smallest absolute Gasteiger partial charge is 0.0868 e. The van der Waals surface area contributed by atoms with Crippen LogP contribution in [-0.2, 0) is 0 Å². The van der Waals surface area contributed by atoms with Crippen LogP contribution < -0.4 is 0 Å². The highest BCUT2D eigenvalue weighted by atomic mass is 35.5. The van der Waals surface area contributed by atoms with Gasteiger partial charge in [0.1, 0.15) is 0 Å². The predicted molar refractivity (Wildman–Crippen MR) is 62.6 cm³/mol. The fourth-order valence-corrected chi connectivity index (χ4v) is 3.08. The number of nitrogens with zero attached hydrogens (tertiary/aromatic N) is 4. The summed E-state index contributed by atoms with van der Waals surface area (Å²) in [6, 6.07) is 0. The molecule has 0 radical (unpaired) electrons. The summed E-state index contributed by atoms with van der Waals surface area (Å²) in [7, 11) is 0. The van der Waals surface area contributed by atoms with Crippen molar-refractivity contribution in [2.24, 2.45) is 0 Å². The van der Waals surface area contributed by atoms with Crippen LogP contribution in [0.3, 0.4) is 0 Å². The van der Waals surface area contributed by atoms with Crippen LogP contribution in [0.25, 0.3) is 0 Å².